The highest BCUT2D eigenvalue weighted by Crippen LogP contribution is 2.32. The summed E-state index contributed by atoms with van der Waals surface area (Å²) in [7, 11) is 1.63. The largest absolute Gasteiger partial charge is 0.497 e. The molecule has 1 amide bonds. The van der Waals surface area contributed by atoms with Crippen LogP contribution in [0.5, 0.6) is 5.75 Å². The number of carbonyl (C=O) groups excluding carboxylic acids is 2. The molecule has 0 saturated heterocycles. The summed E-state index contributed by atoms with van der Waals surface area (Å²) in [5.74, 6) is 0.516. The van der Waals surface area contributed by atoms with Crippen LogP contribution in [0.3, 0.4) is 0 Å². The van der Waals surface area contributed by atoms with E-state index in [1.165, 1.54) is 12.5 Å². The minimum atomic E-state index is -0.150. The minimum absolute atomic E-state index is 0.0988. The molecule has 1 aliphatic rings. The number of hydrogen-bond donors (Lipinski definition) is 2. The Hall–Kier alpha value is -3.08. The number of anilines is 1. The number of ketones is 1. The second kappa shape index (κ2) is 7.27. The molecule has 0 aliphatic carbocycles. The third kappa shape index (κ3) is 4.37. The quantitative estimate of drug-likeness (QED) is 0.640. The van der Waals surface area contributed by atoms with Crippen molar-refractivity contribution in [2.75, 3.05) is 12.4 Å². The number of methoxy groups -OCH3 is 1. The first kappa shape index (κ1) is 18.7. The van der Waals surface area contributed by atoms with Gasteiger partial charge in [-0.15, -0.1) is 0 Å². The van der Waals surface area contributed by atoms with E-state index in [4.69, 9.17) is 4.74 Å². The summed E-state index contributed by atoms with van der Waals surface area (Å²) in [6.45, 7) is 5.67. The Morgan fingerprint density at radius 3 is 2.48 bits per heavy atom. The van der Waals surface area contributed by atoms with Crippen LogP contribution in [-0.2, 0) is 11.2 Å². The molecule has 0 spiro atoms. The van der Waals surface area contributed by atoms with Gasteiger partial charge in [-0.3, -0.25) is 9.59 Å². The Kier molecular flexibility index (Phi) is 5.04. The number of benzene rings is 2. The lowest BCUT2D eigenvalue weighted by molar-refractivity contribution is -0.114. The molecule has 5 heteroatoms. The monoisotopic (exact) mass is 364 g/mol. The van der Waals surface area contributed by atoms with Crippen LogP contribution in [0.2, 0.25) is 0 Å². The molecule has 2 N–H and O–H groups in total. The van der Waals surface area contributed by atoms with Gasteiger partial charge in [0.1, 0.15) is 5.75 Å². The zero-order valence-electron chi connectivity index (χ0n) is 16.1. The van der Waals surface area contributed by atoms with E-state index < -0.39 is 0 Å². The smallest absolute Gasteiger partial charge is 0.221 e. The van der Waals surface area contributed by atoms with E-state index in [1.807, 2.05) is 12.1 Å². The molecule has 0 unspecified atom stereocenters. The van der Waals surface area contributed by atoms with Crippen molar-refractivity contribution in [1.82, 2.24) is 5.32 Å². The number of ether oxygens (including phenoxy) is 1. The lowest BCUT2D eigenvalue weighted by Crippen LogP contribution is -2.43. The molecule has 2 aromatic rings. The Morgan fingerprint density at radius 2 is 1.85 bits per heavy atom. The average Bonchev–Trinajstić information content (AvgIpc) is 2.60. The van der Waals surface area contributed by atoms with E-state index in [2.05, 4.69) is 30.5 Å². The summed E-state index contributed by atoms with van der Waals surface area (Å²) in [6, 6.07) is 12.8. The van der Waals surface area contributed by atoms with Gasteiger partial charge in [0.2, 0.25) is 5.91 Å². The zero-order valence-corrected chi connectivity index (χ0v) is 16.1. The van der Waals surface area contributed by atoms with Crippen molar-refractivity contribution in [2.45, 2.75) is 32.7 Å². The van der Waals surface area contributed by atoms with Gasteiger partial charge in [-0.1, -0.05) is 6.07 Å². The molecule has 2 aromatic carbocycles. The molecule has 0 aromatic heterocycles. The summed E-state index contributed by atoms with van der Waals surface area (Å²) in [6.07, 6.45) is 2.50. The van der Waals surface area contributed by atoms with Crippen LogP contribution in [-0.4, -0.2) is 24.3 Å². The maximum Gasteiger partial charge on any atom is 0.221 e. The predicted octanol–water partition coefficient (Wildman–Crippen LogP) is 3.80. The predicted molar refractivity (Wildman–Crippen MR) is 107 cm³/mol. The summed E-state index contributed by atoms with van der Waals surface area (Å²) in [5, 5.41) is 6.16. The number of hydrogen-bond acceptors (Lipinski definition) is 4. The minimum Gasteiger partial charge on any atom is -0.497 e. The SMILES string of the molecule is COc1ccc2c(c1)/C(=C/C(=O)c1ccc(NC(C)=O)cc1)NC(C)(C)C2. The van der Waals surface area contributed by atoms with Crippen LogP contribution in [0.1, 0.15) is 42.3 Å². The first-order valence-corrected chi connectivity index (χ1v) is 8.86. The molecular formula is C22H24N2O3. The van der Waals surface area contributed by atoms with Gasteiger partial charge in [0.05, 0.1) is 7.11 Å². The summed E-state index contributed by atoms with van der Waals surface area (Å²) in [5.41, 5.74) is 4.03. The highest BCUT2D eigenvalue weighted by atomic mass is 16.5. The Labute approximate surface area is 159 Å². The topological polar surface area (TPSA) is 67.4 Å². The zero-order chi connectivity index (χ0) is 19.6. The maximum atomic E-state index is 12.8. The van der Waals surface area contributed by atoms with Crippen LogP contribution in [0.15, 0.2) is 48.5 Å². The summed E-state index contributed by atoms with van der Waals surface area (Å²) in [4.78, 5) is 23.9. The maximum absolute atomic E-state index is 12.8. The van der Waals surface area contributed by atoms with Gasteiger partial charge in [-0.05, 0) is 62.2 Å². The van der Waals surface area contributed by atoms with Gasteiger partial charge in [0.15, 0.2) is 5.78 Å². The Balaban J connectivity index is 1.93. The van der Waals surface area contributed by atoms with Crippen LogP contribution in [0.25, 0.3) is 5.70 Å². The van der Waals surface area contributed by atoms with Crippen LogP contribution < -0.4 is 15.4 Å². The third-order valence-corrected chi connectivity index (χ3v) is 4.48. The second-order valence-corrected chi connectivity index (χ2v) is 7.39. The Morgan fingerprint density at radius 1 is 1.15 bits per heavy atom. The fourth-order valence-corrected chi connectivity index (χ4v) is 3.29. The highest BCUT2D eigenvalue weighted by Gasteiger charge is 2.28. The molecule has 3 rings (SSSR count). The van der Waals surface area contributed by atoms with Crippen molar-refractivity contribution in [3.8, 4) is 5.75 Å². The van der Waals surface area contributed by atoms with Crippen molar-refractivity contribution in [3.05, 3.63) is 65.2 Å². The Bertz CT molecular complexity index is 912. The number of nitrogens with one attached hydrogen (secondary N) is 2. The average molecular weight is 364 g/mol. The first-order valence-electron chi connectivity index (χ1n) is 8.86. The lowest BCUT2D eigenvalue weighted by Gasteiger charge is -2.35. The molecule has 0 atom stereocenters. The molecular weight excluding hydrogens is 340 g/mol. The highest BCUT2D eigenvalue weighted by molar-refractivity contribution is 6.09. The van der Waals surface area contributed by atoms with Gasteiger partial charge >= 0.3 is 0 Å². The van der Waals surface area contributed by atoms with Gasteiger partial charge < -0.3 is 15.4 Å². The fraction of sp³-hybridized carbons (Fsp3) is 0.273. The van der Waals surface area contributed by atoms with Crippen molar-refractivity contribution in [2.24, 2.45) is 0 Å². The standard InChI is InChI=1S/C22H24N2O3/c1-14(25)23-17-8-5-15(6-9-17)21(26)12-20-19-11-18(27-4)10-7-16(19)13-22(2,3)24-20/h5-12,24H,13H2,1-4H3,(H,23,25)/b20-12-. The number of allylic oxidation sites excluding steroid dienone is 1. The lowest BCUT2D eigenvalue weighted by atomic mass is 9.85. The van der Waals surface area contributed by atoms with E-state index in [-0.39, 0.29) is 17.2 Å². The first-order chi connectivity index (χ1) is 12.8. The summed E-state index contributed by atoms with van der Waals surface area (Å²) < 4.78 is 5.34. The number of amides is 1. The van der Waals surface area contributed by atoms with Crippen molar-refractivity contribution in [3.63, 3.8) is 0 Å². The van der Waals surface area contributed by atoms with E-state index in [9.17, 15) is 9.59 Å². The van der Waals surface area contributed by atoms with Crippen molar-refractivity contribution < 1.29 is 14.3 Å². The summed E-state index contributed by atoms with van der Waals surface area (Å²) >= 11 is 0. The van der Waals surface area contributed by atoms with Crippen molar-refractivity contribution in [1.29, 1.82) is 0 Å². The van der Waals surface area contributed by atoms with Crippen LogP contribution in [0, 0.1) is 0 Å². The third-order valence-electron chi connectivity index (χ3n) is 4.48. The molecule has 0 saturated carbocycles. The molecule has 140 valence electrons. The molecule has 1 heterocycles. The number of rotatable bonds is 4. The number of carbonyl (C=O) groups is 2. The van der Waals surface area contributed by atoms with E-state index >= 15 is 0 Å². The fourth-order valence-electron chi connectivity index (χ4n) is 3.29. The van der Waals surface area contributed by atoms with Gasteiger partial charge in [-0.2, -0.15) is 0 Å². The van der Waals surface area contributed by atoms with E-state index in [0.717, 1.165) is 23.4 Å². The van der Waals surface area contributed by atoms with Gasteiger partial charge in [-0.25, -0.2) is 0 Å². The van der Waals surface area contributed by atoms with Gasteiger partial charge in [0.25, 0.3) is 0 Å². The van der Waals surface area contributed by atoms with Gasteiger partial charge in [0, 0.05) is 41.1 Å². The second-order valence-electron chi connectivity index (χ2n) is 7.39. The molecule has 0 fully saturated rings. The normalized spacial score (nSPS) is 16.2. The van der Waals surface area contributed by atoms with Crippen molar-refractivity contribution >= 4 is 23.1 Å². The van der Waals surface area contributed by atoms with E-state index in [1.54, 1.807) is 37.5 Å². The van der Waals surface area contributed by atoms with E-state index in [0.29, 0.717) is 11.3 Å². The molecule has 0 bridgehead atoms. The van der Waals surface area contributed by atoms with Crippen LogP contribution in [0.4, 0.5) is 5.69 Å². The number of fused-ring (bicyclic) bond motifs is 1. The van der Waals surface area contributed by atoms with Crippen LogP contribution >= 0.6 is 0 Å². The molecule has 0 radical (unpaired) electrons. The molecule has 1 aliphatic heterocycles. The molecule has 5 nitrogen and oxygen atoms in total. The molecule has 27 heavy (non-hydrogen) atoms.